The van der Waals surface area contributed by atoms with E-state index >= 15 is 0 Å². The van der Waals surface area contributed by atoms with E-state index in [4.69, 9.17) is 20.9 Å². The number of rotatable bonds is 8. The van der Waals surface area contributed by atoms with Crippen LogP contribution in [0.3, 0.4) is 0 Å². The molecule has 1 fully saturated rings. The van der Waals surface area contributed by atoms with Crippen molar-refractivity contribution >= 4 is 17.6 Å². The van der Waals surface area contributed by atoms with Crippen LogP contribution >= 0.6 is 11.6 Å². The van der Waals surface area contributed by atoms with Gasteiger partial charge in [-0.25, -0.2) is 0 Å². The number of nitrogens with one attached hydrogen (secondary N) is 1. The van der Waals surface area contributed by atoms with Crippen LogP contribution in [0.2, 0.25) is 5.02 Å². The van der Waals surface area contributed by atoms with Crippen molar-refractivity contribution in [3.63, 3.8) is 0 Å². The van der Waals surface area contributed by atoms with E-state index in [0.29, 0.717) is 25.5 Å². The van der Waals surface area contributed by atoms with Gasteiger partial charge in [-0.1, -0.05) is 30.6 Å². The van der Waals surface area contributed by atoms with Crippen molar-refractivity contribution in [2.75, 3.05) is 52.9 Å². The summed E-state index contributed by atoms with van der Waals surface area (Å²) >= 11 is 5.90. The Kier molecular flexibility index (Phi) is 8.33. The number of benzene rings is 1. The van der Waals surface area contributed by atoms with Crippen molar-refractivity contribution in [1.82, 2.24) is 25.3 Å². The van der Waals surface area contributed by atoms with E-state index in [1.165, 1.54) is 0 Å². The summed E-state index contributed by atoms with van der Waals surface area (Å²) in [4.78, 5) is 13.5. The Balaban J connectivity index is 1.34. The molecule has 0 atom stereocenters. The number of hydrogen-bond acceptors (Lipinski definition) is 6. The molecule has 30 heavy (non-hydrogen) atoms. The van der Waals surface area contributed by atoms with Gasteiger partial charge in [0.25, 0.3) is 0 Å². The number of aliphatic imine (C=N–C) groups is 1. The molecule has 1 aromatic heterocycles. The van der Waals surface area contributed by atoms with E-state index in [9.17, 15) is 0 Å². The molecule has 0 saturated carbocycles. The lowest BCUT2D eigenvalue weighted by Gasteiger charge is -2.36. The highest BCUT2D eigenvalue weighted by Crippen LogP contribution is 2.15. The fourth-order valence-corrected chi connectivity index (χ4v) is 3.35. The van der Waals surface area contributed by atoms with Crippen LogP contribution in [-0.2, 0) is 6.42 Å². The molecule has 9 heteroatoms. The molecule has 1 aromatic carbocycles. The van der Waals surface area contributed by atoms with Gasteiger partial charge in [-0.05, 0) is 24.3 Å². The molecule has 0 amide bonds. The fourth-order valence-electron chi connectivity index (χ4n) is 3.22. The summed E-state index contributed by atoms with van der Waals surface area (Å²) in [5, 5.41) is 8.13. The van der Waals surface area contributed by atoms with Crippen molar-refractivity contribution in [2.24, 2.45) is 4.99 Å². The Bertz CT molecular complexity index is 800. The summed E-state index contributed by atoms with van der Waals surface area (Å²) in [7, 11) is 1.82. The van der Waals surface area contributed by atoms with Crippen LogP contribution < -0.4 is 10.1 Å². The molecule has 1 saturated heterocycles. The molecule has 0 bridgehead atoms. The number of guanidine groups is 1. The van der Waals surface area contributed by atoms with Crippen LogP contribution in [0, 0.1) is 0 Å². The van der Waals surface area contributed by atoms with Gasteiger partial charge in [0.15, 0.2) is 11.8 Å². The largest absolute Gasteiger partial charge is 0.492 e. The van der Waals surface area contributed by atoms with Crippen LogP contribution in [0.15, 0.2) is 33.8 Å². The summed E-state index contributed by atoms with van der Waals surface area (Å²) in [6.07, 6.45) is 0.681. The topological polar surface area (TPSA) is 79.0 Å². The highest BCUT2D eigenvalue weighted by atomic mass is 35.5. The summed E-state index contributed by atoms with van der Waals surface area (Å²) in [5.41, 5.74) is 0. The average Bonchev–Trinajstić information content (AvgIpc) is 3.23. The first-order valence-electron chi connectivity index (χ1n) is 10.4. The molecule has 0 radical (unpaired) electrons. The third-order valence-electron chi connectivity index (χ3n) is 5.00. The fraction of sp³-hybridized carbons (Fsp3) is 0.571. The van der Waals surface area contributed by atoms with Gasteiger partial charge in [0.05, 0.1) is 0 Å². The molecule has 0 unspecified atom stereocenters. The van der Waals surface area contributed by atoms with Crippen molar-refractivity contribution < 1.29 is 9.26 Å². The Morgan fingerprint density at radius 2 is 1.97 bits per heavy atom. The van der Waals surface area contributed by atoms with E-state index in [0.717, 1.165) is 55.3 Å². The predicted molar refractivity (Wildman–Crippen MR) is 118 cm³/mol. The van der Waals surface area contributed by atoms with Crippen molar-refractivity contribution in [2.45, 2.75) is 26.2 Å². The van der Waals surface area contributed by atoms with Gasteiger partial charge in [0.1, 0.15) is 12.4 Å². The van der Waals surface area contributed by atoms with E-state index in [1.54, 1.807) is 0 Å². The molecular weight excluding hydrogens is 404 g/mol. The molecule has 0 spiro atoms. The summed E-state index contributed by atoms with van der Waals surface area (Å²) in [5.74, 6) is 3.45. The normalized spacial score (nSPS) is 15.6. The minimum atomic E-state index is 0.274. The predicted octanol–water partition coefficient (Wildman–Crippen LogP) is 2.66. The highest BCUT2D eigenvalue weighted by molar-refractivity contribution is 6.30. The minimum Gasteiger partial charge on any atom is -0.492 e. The summed E-state index contributed by atoms with van der Waals surface area (Å²) in [6, 6.07) is 7.48. The zero-order chi connectivity index (χ0) is 21.3. The lowest BCUT2D eigenvalue weighted by Crippen LogP contribution is -2.53. The minimum absolute atomic E-state index is 0.274. The molecular formula is C21H31ClN6O2. The number of hydrogen-bond donors (Lipinski definition) is 1. The number of aromatic nitrogens is 2. The summed E-state index contributed by atoms with van der Waals surface area (Å²) in [6.45, 7) is 10.2. The molecule has 164 valence electrons. The SMILES string of the molecule is CN=C(NCCc1nc(C(C)C)no1)N1CCN(CCOc2ccc(Cl)cc2)CC1. The van der Waals surface area contributed by atoms with Gasteiger partial charge in [0, 0.05) is 63.7 Å². The zero-order valence-corrected chi connectivity index (χ0v) is 18.7. The van der Waals surface area contributed by atoms with Crippen LogP contribution in [0.1, 0.15) is 31.5 Å². The molecule has 8 nitrogen and oxygen atoms in total. The van der Waals surface area contributed by atoms with Crippen LogP contribution in [0.4, 0.5) is 0 Å². The zero-order valence-electron chi connectivity index (χ0n) is 18.0. The lowest BCUT2D eigenvalue weighted by atomic mass is 10.2. The quantitative estimate of drug-likeness (QED) is 0.505. The van der Waals surface area contributed by atoms with Gasteiger partial charge in [0.2, 0.25) is 5.89 Å². The third kappa shape index (κ3) is 6.60. The second kappa shape index (κ2) is 11.2. The third-order valence-corrected chi connectivity index (χ3v) is 5.25. The Labute approximate surface area is 183 Å². The second-order valence-corrected chi connectivity index (χ2v) is 7.99. The van der Waals surface area contributed by atoms with Crippen LogP contribution in [0.25, 0.3) is 0 Å². The first-order chi connectivity index (χ1) is 14.5. The van der Waals surface area contributed by atoms with Crippen molar-refractivity contribution in [1.29, 1.82) is 0 Å². The van der Waals surface area contributed by atoms with E-state index < -0.39 is 0 Å². The second-order valence-electron chi connectivity index (χ2n) is 7.56. The smallest absolute Gasteiger partial charge is 0.228 e. The highest BCUT2D eigenvalue weighted by Gasteiger charge is 2.19. The molecule has 1 aliphatic rings. The van der Waals surface area contributed by atoms with Crippen LogP contribution in [-0.4, -0.2) is 78.8 Å². The number of piperazine rings is 1. The van der Waals surface area contributed by atoms with E-state index in [2.05, 4.69) is 44.1 Å². The maximum absolute atomic E-state index is 5.90. The average molecular weight is 435 g/mol. The maximum atomic E-state index is 5.90. The lowest BCUT2D eigenvalue weighted by molar-refractivity contribution is 0.152. The first kappa shape index (κ1) is 22.4. The van der Waals surface area contributed by atoms with Gasteiger partial charge in [-0.15, -0.1) is 0 Å². The van der Waals surface area contributed by atoms with Gasteiger partial charge in [-0.2, -0.15) is 4.98 Å². The molecule has 0 aliphatic carbocycles. The molecule has 2 heterocycles. The number of halogens is 1. The van der Waals surface area contributed by atoms with Gasteiger partial charge >= 0.3 is 0 Å². The standard InChI is InChI=1S/C21H31ClN6O2/c1-16(2)20-25-19(30-26-20)8-9-24-21(23-3)28-12-10-27(11-13-28)14-15-29-18-6-4-17(22)5-7-18/h4-7,16H,8-15H2,1-3H3,(H,23,24). The summed E-state index contributed by atoms with van der Waals surface area (Å²) < 4.78 is 11.1. The van der Waals surface area contributed by atoms with Crippen molar-refractivity contribution in [3.05, 3.63) is 41.0 Å². The first-order valence-corrected chi connectivity index (χ1v) is 10.8. The maximum Gasteiger partial charge on any atom is 0.228 e. The Hall–Kier alpha value is -2.32. The van der Waals surface area contributed by atoms with Gasteiger partial charge in [-0.3, -0.25) is 9.89 Å². The van der Waals surface area contributed by atoms with Crippen LogP contribution in [0.5, 0.6) is 5.75 Å². The number of ether oxygens (including phenoxy) is 1. The Morgan fingerprint density at radius 1 is 1.23 bits per heavy atom. The van der Waals surface area contributed by atoms with E-state index in [-0.39, 0.29) is 5.92 Å². The van der Waals surface area contributed by atoms with Crippen molar-refractivity contribution in [3.8, 4) is 5.75 Å². The monoisotopic (exact) mass is 434 g/mol. The molecule has 1 N–H and O–H groups in total. The molecule has 3 rings (SSSR count). The molecule has 1 aliphatic heterocycles. The van der Waals surface area contributed by atoms with Gasteiger partial charge < -0.3 is 19.5 Å². The Morgan fingerprint density at radius 3 is 2.60 bits per heavy atom. The number of nitrogens with zero attached hydrogens (tertiary/aromatic N) is 5. The van der Waals surface area contributed by atoms with E-state index in [1.807, 2.05) is 31.3 Å². The molecule has 2 aromatic rings.